The SMILES string of the molecule is COC(CN=C1Nc2ccc(C)cc2OC1(F)F)OC. The van der Waals surface area contributed by atoms with Crippen LogP contribution in [0.15, 0.2) is 23.2 Å². The number of alkyl halides is 2. The van der Waals surface area contributed by atoms with Gasteiger partial charge < -0.3 is 19.5 Å². The molecule has 1 aromatic carbocycles. The Morgan fingerprint density at radius 2 is 2.05 bits per heavy atom. The van der Waals surface area contributed by atoms with Crippen LogP contribution >= 0.6 is 0 Å². The zero-order valence-corrected chi connectivity index (χ0v) is 11.4. The first-order chi connectivity index (χ1) is 9.46. The van der Waals surface area contributed by atoms with Crippen molar-refractivity contribution in [2.45, 2.75) is 19.3 Å². The van der Waals surface area contributed by atoms with Crippen LogP contribution in [-0.2, 0) is 9.47 Å². The van der Waals surface area contributed by atoms with E-state index < -0.39 is 18.2 Å². The molecule has 0 fully saturated rings. The highest BCUT2D eigenvalue weighted by Gasteiger charge is 2.43. The summed E-state index contributed by atoms with van der Waals surface area (Å²) in [5, 5.41) is 2.58. The minimum Gasteiger partial charge on any atom is -0.424 e. The third-order valence-electron chi connectivity index (χ3n) is 2.83. The van der Waals surface area contributed by atoms with Crippen molar-refractivity contribution < 1.29 is 23.0 Å². The number of halogens is 2. The van der Waals surface area contributed by atoms with Crippen LogP contribution in [0.4, 0.5) is 14.5 Å². The number of hydrogen-bond acceptors (Lipinski definition) is 4. The number of aryl methyl sites for hydroxylation is 1. The van der Waals surface area contributed by atoms with Crippen LogP contribution in [-0.4, -0.2) is 39.0 Å². The second kappa shape index (κ2) is 5.72. The minimum atomic E-state index is -3.51. The van der Waals surface area contributed by atoms with Crippen LogP contribution in [0.1, 0.15) is 5.56 Å². The van der Waals surface area contributed by atoms with Gasteiger partial charge in [0.2, 0.25) is 5.84 Å². The van der Waals surface area contributed by atoms with Crippen molar-refractivity contribution in [1.29, 1.82) is 0 Å². The number of methoxy groups -OCH3 is 2. The highest BCUT2D eigenvalue weighted by atomic mass is 19.3. The first kappa shape index (κ1) is 14.7. The maximum absolute atomic E-state index is 13.8. The van der Waals surface area contributed by atoms with Gasteiger partial charge in [-0.25, -0.2) is 0 Å². The van der Waals surface area contributed by atoms with Gasteiger partial charge in [0.1, 0.15) is 0 Å². The number of nitrogens with zero attached hydrogens (tertiary/aromatic N) is 1. The molecule has 0 atom stereocenters. The largest absolute Gasteiger partial charge is 0.460 e. The summed E-state index contributed by atoms with van der Waals surface area (Å²) >= 11 is 0. The van der Waals surface area contributed by atoms with Crippen molar-refractivity contribution in [2.24, 2.45) is 4.99 Å². The molecular formula is C13H16F2N2O3. The van der Waals surface area contributed by atoms with Gasteiger partial charge in [-0.3, -0.25) is 4.99 Å². The Bertz CT molecular complexity index is 516. The molecule has 110 valence electrons. The lowest BCUT2D eigenvalue weighted by molar-refractivity contribution is -0.115. The molecule has 0 unspecified atom stereocenters. The Hall–Kier alpha value is -1.73. The zero-order valence-electron chi connectivity index (χ0n) is 11.4. The average molecular weight is 286 g/mol. The van der Waals surface area contributed by atoms with Crippen LogP contribution < -0.4 is 10.1 Å². The van der Waals surface area contributed by atoms with Gasteiger partial charge in [0, 0.05) is 14.2 Å². The lowest BCUT2D eigenvalue weighted by Crippen LogP contribution is -2.44. The third kappa shape index (κ3) is 3.05. The molecule has 1 aliphatic heterocycles. The summed E-state index contributed by atoms with van der Waals surface area (Å²) in [4.78, 5) is 3.78. The molecule has 0 saturated heterocycles. The second-order valence-corrected chi connectivity index (χ2v) is 4.33. The van der Waals surface area contributed by atoms with E-state index in [2.05, 4.69) is 10.3 Å². The van der Waals surface area contributed by atoms with Gasteiger partial charge in [-0.15, -0.1) is 0 Å². The molecule has 0 saturated carbocycles. The molecule has 1 aromatic rings. The van der Waals surface area contributed by atoms with Crippen LogP contribution in [0.3, 0.4) is 0 Å². The second-order valence-electron chi connectivity index (χ2n) is 4.33. The fourth-order valence-corrected chi connectivity index (χ4v) is 1.75. The third-order valence-corrected chi connectivity index (χ3v) is 2.83. The van der Waals surface area contributed by atoms with Gasteiger partial charge in [0.05, 0.1) is 12.2 Å². The molecule has 20 heavy (non-hydrogen) atoms. The van der Waals surface area contributed by atoms with E-state index in [0.29, 0.717) is 5.69 Å². The highest BCUT2D eigenvalue weighted by Crippen LogP contribution is 2.36. The van der Waals surface area contributed by atoms with Crippen molar-refractivity contribution in [3.63, 3.8) is 0 Å². The fraction of sp³-hybridized carbons (Fsp3) is 0.462. The Balaban J connectivity index is 2.23. The fourth-order valence-electron chi connectivity index (χ4n) is 1.75. The summed E-state index contributed by atoms with van der Waals surface area (Å²) in [5.41, 5.74) is 1.28. The number of fused-ring (bicyclic) bond motifs is 1. The smallest absolute Gasteiger partial charge is 0.424 e. The maximum Gasteiger partial charge on any atom is 0.460 e. The molecule has 0 radical (unpaired) electrons. The molecule has 0 amide bonds. The topological polar surface area (TPSA) is 52.1 Å². The standard InChI is InChI=1S/C13H16F2N2O3/c1-8-4-5-9-10(6-8)20-13(14,15)12(17-9)16-7-11(18-2)19-3/h4-6,11H,7H2,1-3H3,(H,16,17). The van der Waals surface area contributed by atoms with E-state index in [0.717, 1.165) is 5.56 Å². The Morgan fingerprint density at radius 3 is 2.70 bits per heavy atom. The first-order valence-corrected chi connectivity index (χ1v) is 6.01. The van der Waals surface area contributed by atoms with Crippen molar-refractivity contribution in [3.05, 3.63) is 23.8 Å². The lowest BCUT2D eigenvalue weighted by atomic mass is 10.2. The number of anilines is 1. The minimum absolute atomic E-state index is 0.0600. The van der Waals surface area contributed by atoms with Gasteiger partial charge in [-0.05, 0) is 24.6 Å². The number of amidine groups is 1. The van der Waals surface area contributed by atoms with Crippen LogP contribution in [0, 0.1) is 6.92 Å². The zero-order chi connectivity index (χ0) is 14.8. The molecule has 0 spiro atoms. The normalized spacial score (nSPS) is 18.6. The Kier molecular flexibility index (Phi) is 4.20. The molecule has 0 aliphatic carbocycles. The van der Waals surface area contributed by atoms with Crippen molar-refractivity contribution in [1.82, 2.24) is 0 Å². The van der Waals surface area contributed by atoms with Crippen molar-refractivity contribution >= 4 is 11.5 Å². The molecule has 1 heterocycles. The summed E-state index contributed by atoms with van der Waals surface area (Å²) < 4.78 is 42.2. The van der Waals surface area contributed by atoms with E-state index in [4.69, 9.17) is 14.2 Å². The highest BCUT2D eigenvalue weighted by molar-refractivity contribution is 6.02. The number of benzene rings is 1. The molecule has 7 heteroatoms. The van der Waals surface area contributed by atoms with E-state index in [1.165, 1.54) is 14.2 Å². The Labute approximate surface area is 115 Å². The van der Waals surface area contributed by atoms with Crippen LogP contribution in [0.5, 0.6) is 5.75 Å². The van der Waals surface area contributed by atoms with Gasteiger partial charge >= 0.3 is 6.11 Å². The number of ether oxygens (including phenoxy) is 3. The molecule has 5 nitrogen and oxygen atoms in total. The lowest BCUT2D eigenvalue weighted by Gasteiger charge is -2.28. The van der Waals surface area contributed by atoms with Gasteiger partial charge in [-0.1, -0.05) is 6.07 Å². The summed E-state index contributed by atoms with van der Waals surface area (Å²) in [5.74, 6) is -0.461. The van der Waals surface area contributed by atoms with E-state index in [1.54, 1.807) is 25.1 Å². The van der Waals surface area contributed by atoms with E-state index >= 15 is 0 Å². The number of nitrogens with one attached hydrogen (secondary N) is 1. The summed E-state index contributed by atoms with van der Waals surface area (Å²) in [7, 11) is 2.82. The predicted octanol–water partition coefficient (Wildman–Crippen LogP) is 2.41. The molecule has 2 rings (SSSR count). The van der Waals surface area contributed by atoms with Crippen LogP contribution in [0.2, 0.25) is 0 Å². The summed E-state index contributed by atoms with van der Waals surface area (Å²) in [6.45, 7) is 1.74. The van der Waals surface area contributed by atoms with Crippen LogP contribution in [0.25, 0.3) is 0 Å². The van der Waals surface area contributed by atoms with Gasteiger partial charge in [0.25, 0.3) is 0 Å². The quantitative estimate of drug-likeness (QED) is 0.864. The van der Waals surface area contributed by atoms with Crippen molar-refractivity contribution in [3.8, 4) is 5.75 Å². The summed E-state index contributed by atoms with van der Waals surface area (Å²) in [6.07, 6.45) is -4.19. The average Bonchev–Trinajstić information content (AvgIpc) is 2.39. The number of hydrogen-bond donors (Lipinski definition) is 1. The van der Waals surface area contributed by atoms with E-state index in [9.17, 15) is 8.78 Å². The monoisotopic (exact) mass is 286 g/mol. The molecule has 1 N–H and O–H groups in total. The van der Waals surface area contributed by atoms with Gasteiger partial charge in [-0.2, -0.15) is 8.78 Å². The Morgan fingerprint density at radius 1 is 1.35 bits per heavy atom. The predicted molar refractivity (Wildman–Crippen MR) is 70.5 cm³/mol. The molecular weight excluding hydrogens is 270 g/mol. The summed E-state index contributed by atoms with van der Waals surface area (Å²) in [6, 6.07) is 5.00. The van der Waals surface area contributed by atoms with Crippen molar-refractivity contribution in [2.75, 3.05) is 26.1 Å². The van der Waals surface area contributed by atoms with E-state index in [1.807, 2.05) is 0 Å². The first-order valence-electron chi connectivity index (χ1n) is 6.01. The molecule has 1 aliphatic rings. The van der Waals surface area contributed by atoms with Gasteiger partial charge in [0.15, 0.2) is 12.0 Å². The molecule has 0 bridgehead atoms. The van der Waals surface area contributed by atoms with E-state index in [-0.39, 0.29) is 12.3 Å². The molecule has 0 aromatic heterocycles. The number of aliphatic imine (C=N–C) groups is 1. The maximum atomic E-state index is 13.8. The number of rotatable bonds is 4.